The number of benzene rings is 2. The Kier molecular flexibility index (Phi) is 4.75. The summed E-state index contributed by atoms with van der Waals surface area (Å²) in [4.78, 5) is 32.0. The van der Waals surface area contributed by atoms with Crippen LogP contribution in [-0.2, 0) is 11.3 Å². The molecule has 160 valence electrons. The average molecular weight is 419 g/mol. The quantitative estimate of drug-likeness (QED) is 0.769. The fraction of sp³-hybridized carbons (Fsp3) is 0.348. The van der Waals surface area contributed by atoms with Crippen LogP contribution in [0.1, 0.15) is 12.5 Å². The maximum Gasteiger partial charge on any atom is 0.328 e. The molecule has 2 fully saturated rings. The summed E-state index contributed by atoms with van der Waals surface area (Å²) >= 11 is 0. The zero-order chi connectivity index (χ0) is 21.7. The van der Waals surface area contributed by atoms with Gasteiger partial charge in [-0.1, -0.05) is 48.5 Å². The van der Waals surface area contributed by atoms with Gasteiger partial charge in [0.25, 0.3) is 5.91 Å². The first-order valence-electron chi connectivity index (χ1n) is 10.5. The molecule has 3 atom stereocenters. The number of hydrogen-bond donors (Lipinski definition) is 1. The third kappa shape index (κ3) is 3.10. The second-order valence-electron chi connectivity index (χ2n) is 8.30. The van der Waals surface area contributed by atoms with Crippen LogP contribution in [0.2, 0.25) is 0 Å². The number of likely N-dealkylation sites (N-methyl/N-ethyl adjacent to an activating group) is 1. The smallest absolute Gasteiger partial charge is 0.310 e. The van der Waals surface area contributed by atoms with E-state index >= 15 is 0 Å². The summed E-state index contributed by atoms with van der Waals surface area (Å²) in [7, 11) is 1.75. The number of nitrogens with zero attached hydrogens (tertiary/aromatic N) is 5. The number of fused-ring (bicyclic) bond motifs is 4. The van der Waals surface area contributed by atoms with Crippen molar-refractivity contribution in [1.29, 1.82) is 0 Å². The van der Waals surface area contributed by atoms with Crippen molar-refractivity contribution in [2.24, 2.45) is 5.10 Å². The molecule has 3 aliphatic rings. The summed E-state index contributed by atoms with van der Waals surface area (Å²) < 4.78 is 0. The van der Waals surface area contributed by atoms with Gasteiger partial charge in [0.1, 0.15) is 12.2 Å². The Morgan fingerprint density at radius 2 is 1.97 bits per heavy atom. The summed E-state index contributed by atoms with van der Waals surface area (Å²) in [5.41, 5.74) is 1.88. The van der Waals surface area contributed by atoms with E-state index in [1.165, 1.54) is 4.90 Å². The Bertz CT molecular complexity index is 1090. The number of hydrogen-bond acceptors (Lipinski definition) is 6. The summed E-state index contributed by atoms with van der Waals surface area (Å²) in [5.74, 6) is -0.177. The molecule has 0 aromatic heterocycles. The summed E-state index contributed by atoms with van der Waals surface area (Å²) in [6.45, 7) is 7.14. The highest BCUT2D eigenvalue weighted by Gasteiger charge is 2.56. The first-order chi connectivity index (χ1) is 15.0. The van der Waals surface area contributed by atoms with Gasteiger partial charge in [-0.2, -0.15) is 5.10 Å². The molecule has 2 aromatic carbocycles. The Balaban J connectivity index is 1.48. The van der Waals surface area contributed by atoms with Gasteiger partial charge in [0.05, 0.1) is 13.1 Å². The lowest BCUT2D eigenvalue weighted by molar-refractivity contribution is -0.139. The number of hydrazone groups is 1. The van der Waals surface area contributed by atoms with E-state index in [9.17, 15) is 9.59 Å². The van der Waals surface area contributed by atoms with Gasteiger partial charge in [-0.3, -0.25) is 20.0 Å². The Morgan fingerprint density at radius 1 is 1.19 bits per heavy atom. The number of carbonyl (C=O) groups excluding carboxylic acids is 2. The molecule has 0 radical (unpaired) electrons. The van der Waals surface area contributed by atoms with Crippen LogP contribution >= 0.6 is 0 Å². The molecule has 5 rings (SSSR count). The van der Waals surface area contributed by atoms with Crippen LogP contribution in [0.5, 0.6) is 0 Å². The minimum absolute atomic E-state index is 0.177. The zero-order valence-corrected chi connectivity index (χ0v) is 17.7. The molecule has 3 aliphatic heterocycles. The molecule has 1 N–H and O–H groups in total. The normalized spacial score (nSPS) is 26.2. The van der Waals surface area contributed by atoms with E-state index in [1.54, 1.807) is 18.0 Å². The number of amides is 3. The van der Waals surface area contributed by atoms with Crippen LogP contribution in [0.25, 0.3) is 10.8 Å². The predicted molar refractivity (Wildman–Crippen MR) is 119 cm³/mol. The molecule has 0 spiro atoms. The monoisotopic (exact) mass is 418 g/mol. The fourth-order valence-corrected chi connectivity index (χ4v) is 4.87. The molecule has 2 aromatic rings. The lowest BCUT2D eigenvalue weighted by atomic mass is 10.0. The van der Waals surface area contributed by atoms with Crippen LogP contribution in [0.4, 0.5) is 4.79 Å². The molecule has 0 saturated carbocycles. The van der Waals surface area contributed by atoms with E-state index in [-0.39, 0.29) is 24.8 Å². The molecular weight excluding hydrogens is 392 g/mol. The van der Waals surface area contributed by atoms with Crippen molar-refractivity contribution in [2.45, 2.75) is 32.0 Å². The van der Waals surface area contributed by atoms with E-state index in [4.69, 9.17) is 0 Å². The van der Waals surface area contributed by atoms with E-state index < -0.39 is 12.2 Å². The molecule has 0 aliphatic carbocycles. The maximum absolute atomic E-state index is 13.6. The number of urea groups is 1. The second kappa shape index (κ2) is 7.47. The summed E-state index contributed by atoms with van der Waals surface area (Å²) in [6.07, 6.45) is 1.13. The first kappa shape index (κ1) is 19.7. The van der Waals surface area contributed by atoms with Gasteiger partial charge < -0.3 is 4.90 Å². The van der Waals surface area contributed by atoms with E-state index in [2.05, 4.69) is 21.9 Å². The van der Waals surface area contributed by atoms with E-state index in [0.717, 1.165) is 22.0 Å². The lowest BCUT2D eigenvalue weighted by Gasteiger charge is -2.42. The highest BCUT2D eigenvalue weighted by Crippen LogP contribution is 2.31. The predicted octanol–water partition coefficient (Wildman–Crippen LogP) is 1.99. The van der Waals surface area contributed by atoms with Gasteiger partial charge in [-0.05, 0) is 23.3 Å². The largest absolute Gasteiger partial charge is 0.328 e. The van der Waals surface area contributed by atoms with Gasteiger partial charge in [0.15, 0.2) is 6.29 Å². The average Bonchev–Trinajstić information content (AvgIpc) is 3.15. The van der Waals surface area contributed by atoms with Crippen LogP contribution in [0.15, 0.2) is 60.2 Å². The third-order valence-electron chi connectivity index (χ3n) is 6.28. The number of nitrogens with one attached hydrogen (secondary N) is 1. The Labute approximate surface area is 181 Å². The molecule has 3 heterocycles. The molecule has 0 bridgehead atoms. The van der Waals surface area contributed by atoms with E-state index in [0.29, 0.717) is 13.1 Å². The minimum Gasteiger partial charge on any atom is -0.310 e. The second-order valence-corrected chi connectivity index (χ2v) is 8.30. The molecular formula is C23H26N6O2. The van der Waals surface area contributed by atoms with Gasteiger partial charge in [0.2, 0.25) is 0 Å². The third-order valence-corrected chi connectivity index (χ3v) is 6.28. The highest BCUT2D eigenvalue weighted by atomic mass is 16.2. The van der Waals surface area contributed by atoms with Crippen molar-refractivity contribution >= 4 is 28.4 Å². The van der Waals surface area contributed by atoms with Crippen LogP contribution < -0.4 is 5.32 Å². The molecule has 31 heavy (non-hydrogen) atoms. The topological polar surface area (TPSA) is 71.5 Å². The van der Waals surface area contributed by atoms with Gasteiger partial charge in [-0.15, -0.1) is 6.58 Å². The molecule has 8 heteroatoms. The molecule has 3 unspecified atom stereocenters. The minimum atomic E-state index is -0.472. The van der Waals surface area contributed by atoms with Crippen molar-refractivity contribution in [3.8, 4) is 0 Å². The molecule has 8 nitrogen and oxygen atoms in total. The molecule has 3 amide bonds. The summed E-state index contributed by atoms with van der Waals surface area (Å²) in [5, 5.41) is 12.1. The van der Waals surface area contributed by atoms with Crippen molar-refractivity contribution in [3.63, 3.8) is 0 Å². The van der Waals surface area contributed by atoms with Gasteiger partial charge in [-0.25, -0.2) is 9.69 Å². The fourth-order valence-electron chi connectivity index (χ4n) is 4.87. The maximum atomic E-state index is 13.6. The SMILES string of the molecule is C=CCN1N=C(C)CN2C3C(=O)N(Cc4cccc5ccccc45)C(=O)N(C)C3NC12. The standard InChI is InChI=1S/C23H26N6O2/c1-4-12-29-22-24-20-19(27(22)13-15(2)25-29)21(30)28(23(31)26(20)3)14-17-10-7-9-16-8-5-6-11-18(16)17/h4-11,19-20,22,24H,1,12-14H2,2-3H3. The zero-order valence-electron chi connectivity index (χ0n) is 17.7. The lowest BCUT2D eigenvalue weighted by Crippen LogP contribution is -2.66. The van der Waals surface area contributed by atoms with Crippen molar-refractivity contribution in [2.75, 3.05) is 20.1 Å². The Hall–Kier alpha value is -3.23. The molecule has 2 saturated heterocycles. The van der Waals surface area contributed by atoms with E-state index in [1.807, 2.05) is 54.4 Å². The van der Waals surface area contributed by atoms with Crippen LogP contribution in [0, 0.1) is 0 Å². The first-order valence-corrected chi connectivity index (χ1v) is 10.5. The summed E-state index contributed by atoms with van der Waals surface area (Å²) in [6, 6.07) is 13.3. The number of rotatable bonds is 4. The van der Waals surface area contributed by atoms with Crippen molar-refractivity contribution in [1.82, 2.24) is 25.0 Å². The van der Waals surface area contributed by atoms with Gasteiger partial charge >= 0.3 is 6.03 Å². The van der Waals surface area contributed by atoms with Crippen molar-refractivity contribution < 1.29 is 9.59 Å². The number of carbonyl (C=O) groups is 2. The Morgan fingerprint density at radius 3 is 2.77 bits per heavy atom. The number of imide groups is 1. The van der Waals surface area contributed by atoms with Crippen LogP contribution in [0.3, 0.4) is 0 Å². The highest BCUT2D eigenvalue weighted by molar-refractivity contribution is 6.01. The van der Waals surface area contributed by atoms with Crippen molar-refractivity contribution in [3.05, 3.63) is 60.7 Å². The van der Waals surface area contributed by atoms with Crippen LogP contribution in [-0.4, -0.2) is 76.0 Å². The van der Waals surface area contributed by atoms with Gasteiger partial charge in [0, 0.05) is 19.3 Å².